The minimum atomic E-state index is -0.0886. The molecule has 0 aromatic carbocycles. The van der Waals surface area contributed by atoms with Gasteiger partial charge in [0.1, 0.15) is 10.6 Å². The second kappa shape index (κ2) is 5.14. The standard InChI is InChI=1S/C12H20N4OS/c1-7(2)6-16(3)12-9(10(13)15-18-12)11(17)14-8-4-5-8/h7-8H,4-6H2,1-3H3,(H2,13,15)(H,14,17). The first-order valence-electron chi connectivity index (χ1n) is 6.26. The molecule has 0 bridgehead atoms. The topological polar surface area (TPSA) is 71.2 Å². The Bertz CT molecular complexity index is 439. The molecule has 0 spiro atoms. The van der Waals surface area contributed by atoms with Crippen LogP contribution in [0.4, 0.5) is 10.8 Å². The van der Waals surface area contributed by atoms with Crippen LogP contribution in [0.15, 0.2) is 0 Å². The fourth-order valence-electron chi connectivity index (χ4n) is 1.88. The molecular weight excluding hydrogens is 248 g/mol. The Morgan fingerprint density at radius 2 is 2.28 bits per heavy atom. The van der Waals surface area contributed by atoms with Gasteiger partial charge in [0.05, 0.1) is 0 Å². The third kappa shape index (κ3) is 2.93. The summed E-state index contributed by atoms with van der Waals surface area (Å²) < 4.78 is 4.11. The van der Waals surface area contributed by atoms with Crippen molar-refractivity contribution in [1.82, 2.24) is 9.69 Å². The highest BCUT2D eigenvalue weighted by Gasteiger charge is 2.28. The molecule has 6 heteroatoms. The zero-order chi connectivity index (χ0) is 13.3. The van der Waals surface area contributed by atoms with Crippen LogP contribution in [-0.4, -0.2) is 29.9 Å². The molecule has 1 fully saturated rings. The highest BCUT2D eigenvalue weighted by molar-refractivity contribution is 7.11. The van der Waals surface area contributed by atoms with Gasteiger partial charge in [0.2, 0.25) is 0 Å². The predicted molar refractivity (Wildman–Crippen MR) is 75.1 cm³/mol. The molecule has 1 heterocycles. The van der Waals surface area contributed by atoms with Crippen molar-refractivity contribution in [2.45, 2.75) is 32.7 Å². The second-order valence-corrected chi connectivity index (χ2v) is 6.02. The van der Waals surface area contributed by atoms with Gasteiger partial charge in [-0.3, -0.25) is 4.79 Å². The fourth-order valence-corrected chi connectivity index (χ4v) is 2.66. The maximum atomic E-state index is 12.1. The number of nitrogens with one attached hydrogen (secondary N) is 1. The summed E-state index contributed by atoms with van der Waals surface area (Å²) in [4.78, 5) is 14.2. The van der Waals surface area contributed by atoms with E-state index in [1.165, 1.54) is 11.5 Å². The summed E-state index contributed by atoms with van der Waals surface area (Å²) >= 11 is 1.29. The molecule has 0 radical (unpaired) electrons. The number of hydrogen-bond acceptors (Lipinski definition) is 5. The van der Waals surface area contributed by atoms with Crippen molar-refractivity contribution < 1.29 is 4.79 Å². The number of carbonyl (C=O) groups excluding carboxylic acids is 1. The van der Waals surface area contributed by atoms with Gasteiger partial charge in [0.15, 0.2) is 5.82 Å². The maximum absolute atomic E-state index is 12.1. The lowest BCUT2D eigenvalue weighted by Gasteiger charge is -2.20. The van der Waals surface area contributed by atoms with Gasteiger partial charge < -0.3 is 16.0 Å². The molecule has 1 aliphatic carbocycles. The lowest BCUT2D eigenvalue weighted by Crippen LogP contribution is -2.29. The van der Waals surface area contributed by atoms with Crippen molar-refractivity contribution in [3.63, 3.8) is 0 Å². The van der Waals surface area contributed by atoms with Crippen molar-refractivity contribution in [3.05, 3.63) is 5.56 Å². The van der Waals surface area contributed by atoms with Gasteiger partial charge in [-0.1, -0.05) is 13.8 Å². The lowest BCUT2D eigenvalue weighted by atomic mass is 10.2. The van der Waals surface area contributed by atoms with E-state index in [0.717, 1.165) is 24.4 Å². The predicted octanol–water partition coefficient (Wildman–Crippen LogP) is 1.71. The molecule has 1 aromatic rings. The van der Waals surface area contributed by atoms with Crippen LogP contribution >= 0.6 is 11.5 Å². The van der Waals surface area contributed by atoms with Gasteiger partial charge in [0.25, 0.3) is 5.91 Å². The number of aromatic nitrogens is 1. The van der Waals surface area contributed by atoms with Crippen molar-refractivity contribution >= 4 is 28.3 Å². The van der Waals surface area contributed by atoms with E-state index in [1.54, 1.807) is 0 Å². The first-order valence-corrected chi connectivity index (χ1v) is 7.03. The van der Waals surface area contributed by atoms with Crippen molar-refractivity contribution in [3.8, 4) is 0 Å². The number of amides is 1. The van der Waals surface area contributed by atoms with Gasteiger partial charge in [-0.05, 0) is 30.3 Å². The fraction of sp³-hybridized carbons (Fsp3) is 0.667. The summed E-state index contributed by atoms with van der Waals surface area (Å²) in [6.45, 7) is 5.17. The quantitative estimate of drug-likeness (QED) is 0.853. The Morgan fingerprint density at radius 1 is 1.61 bits per heavy atom. The van der Waals surface area contributed by atoms with Gasteiger partial charge in [-0.25, -0.2) is 0 Å². The molecule has 100 valence electrons. The van der Waals surface area contributed by atoms with Crippen molar-refractivity contribution in [2.75, 3.05) is 24.2 Å². The molecule has 1 amide bonds. The van der Waals surface area contributed by atoms with E-state index in [0.29, 0.717) is 23.3 Å². The average Bonchev–Trinajstić information content (AvgIpc) is 2.98. The zero-order valence-corrected chi connectivity index (χ0v) is 11.9. The monoisotopic (exact) mass is 268 g/mol. The molecule has 0 saturated heterocycles. The molecule has 2 rings (SSSR count). The van der Waals surface area contributed by atoms with E-state index in [4.69, 9.17) is 5.73 Å². The van der Waals surface area contributed by atoms with Gasteiger partial charge >= 0.3 is 0 Å². The third-order valence-corrected chi connectivity index (χ3v) is 3.80. The summed E-state index contributed by atoms with van der Waals surface area (Å²) in [5, 5.41) is 3.83. The van der Waals surface area contributed by atoms with E-state index in [2.05, 4.69) is 28.4 Å². The second-order valence-electron chi connectivity index (χ2n) is 5.27. The molecule has 0 atom stereocenters. The van der Waals surface area contributed by atoms with Crippen molar-refractivity contribution in [2.24, 2.45) is 5.92 Å². The molecule has 1 aromatic heterocycles. The lowest BCUT2D eigenvalue weighted by molar-refractivity contribution is 0.0952. The van der Waals surface area contributed by atoms with Gasteiger partial charge in [-0.15, -0.1) is 0 Å². The Hall–Kier alpha value is -1.30. The van der Waals surface area contributed by atoms with Crippen LogP contribution in [0.5, 0.6) is 0 Å². The van der Waals surface area contributed by atoms with Crippen LogP contribution in [0.2, 0.25) is 0 Å². The van der Waals surface area contributed by atoms with E-state index >= 15 is 0 Å². The minimum absolute atomic E-state index is 0.0886. The third-order valence-electron chi connectivity index (χ3n) is 2.83. The summed E-state index contributed by atoms with van der Waals surface area (Å²) in [7, 11) is 1.97. The number of carbonyl (C=O) groups is 1. The number of nitrogen functional groups attached to an aromatic ring is 1. The highest BCUT2D eigenvalue weighted by atomic mass is 32.1. The average molecular weight is 268 g/mol. The summed E-state index contributed by atoms with van der Waals surface area (Å²) in [6, 6.07) is 0.333. The first-order chi connectivity index (χ1) is 8.49. The van der Waals surface area contributed by atoms with E-state index in [-0.39, 0.29) is 5.91 Å². The summed E-state index contributed by atoms with van der Waals surface area (Å²) in [6.07, 6.45) is 2.14. The van der Waals surface area contributed by atoms with Crippen LogP contribution in [0.25, 0.3) is 0 Å². The SMILES string of the molecule is CC(C)CN(C)c1snc(N)c1C(=O)NC1CC1. The van der Waals surface area contributed by atoms with Gasteiger partial charge in [-0.2, -0.15) is 4.37 Å². The van der Waals surface area contributed by atoms with E-state index in [1.807, 2.05) is 7.05 Å². The largest absolute Gasteiger partial charge is 0.382 e. The van der Waals surface area contributed by atoms with Crippen molar-refractivity contribution in [1.29, 1.82) is 0 Å². The van der Waals surface area contributed by atoms with E-state index < -0.39 is 0 Å². The summed E-state index contributed by atoms with van der Waals surface area (Å²) in [5.41, 5.74) is 6.36. The Labute approximate surface area is 112 Å². The normalized spacial score (nSPS) is 14.9. The molecule has 1 aliphatic rings. The van der Waals surface area contributed by atoms with E-state index in [9.17, 15) is 4.79 Å². The highest BCUT2D eigenvalue weighted by Crippen LogP contribution is 2.31. The van der Waals surface area contributed by atoms with Crippen LogP contribution < -0.4 is 16.0 Å². The molecule has 5 nitrogen and oxygen atoms in total. The zero-order valence-electron chi connectivity index (χ0n) is 11.1. The Balaban J connectivity index is 2.17. The number of anilines is 2. The molecule has 1 saturated carbocycles. The number of rotatable bonds is 5. The van der Waals surface area contributed by atoms with Crippen LogP contribution in [0.3, 0.4) is 0 Å². The smallest absolute Gasteiger partial charge is 0.258 e. The van der Waals surface area contributed by atoms with Gasteiger partial charge in [0, 0.05) is 19.6 Å². The molecular formula is C12H20N4OS. The van der Waals surface area contributed by atoms with Crippen LogP contribution in [0.1, 0.15) is 37.0 Å². The maximum Gasteiger partial charge on any atom is 0.258 e. The Morgan fingerprint density at radius 3 is 2.83 bits per heavy atom. The number of hydrogen-bond donors (Lipinski definition) is 2. The first kappa shape index (κ1) is 13.1. The van der Waals surface area contributed by atoms with Crippen LogP contribution in [0, 0.1) is 5.92 Å². The number of nitrogens with two attached hydrogens (primary N) is 1. The minimum Gasteiger partial charge on any atom is -0.382 e. The molecule has 18 heavy (non-hydrogen) atoms. The molecule has 0 aliphatic heterocycles. The molecule has 3 N–H and O–H groups in total. The summed E-state index contributed by atoms with van der Waals surface area (Å²) in [5.74, 6) is 0.774. The number of nitrogens with zero attached hydrogens (tertiary/aromatic N) is 2. The molecule has 0 unspecified atom stereocenters. The Kier molecular flexibility index (Phi) is 3.75. The van der Waals surface area contributed by atoms with Crippen LogP contribution in [-0.2, 0) is 0 Å².